The normalized spacial score (nSPS) is 11.6. The minimum absolute atomic E-state index is 0.894. The maximum Gasteiger partial charge on any atom is 0.136 e. The summed E-state index contributed by atoms with van der Waals surface area (Å²) in [5, 5.41) is 7.32. The van der Waals surface area contributed by atoms with Crippen molar-refractivity contribution < 1.29 is 4.42 Å². The van der Waals surface area contributed by atoms with Crippen molar-refractivity contribution in [3.63, 3.8) is 0 Å². The standard InChI is InChI=1S/C52H33NOS/c1-2-12-35(13-3-1)43-27-25-38(42-21-11-15-34-14-4-5-18-41(34)42)31-48(43)53(40-26-29-47-46-20-7-9-23-51(46)55-52(47)33-40)39-17-10-16-36(30-39)37-24-28-45-44-19-6-8-22-49(44)54-50(45)32-37/h1-33H. The Balaban J connectivity index is 1.15. The molecule has 0 unspecified atom stereocenters. The number of para-hydroxylation sites is 1. The number of furan rings is 1. The van der Waals surface area contributed by atoms with Gasteiger partial charge >= 0.3 is 0 Å². The summed E-state index contributed by atoms with van der Waals surface area (Å²) in [6.45, 7) is 0. The molecule has 2 aromatic heterocycles. The minimum Gasteiger partial charge on any atom is -0.456 e. The molecular weight excluding hydrogens is 687 g/mol. The van der Waals surface area contributed by atoms with Crippen LogP contribution in [0.4, 0.5) is 17.1 Å². The fourth-order valence-corrected chi connectivity index (χ4v) is 9.37. The lowest BCUT2D eigenvalue weighted by atomic mass is 9.94. The second kappa shape index (κ2) is 12.9. The van der Waals surface area contributed by atoms with E-state index in [0.29, 0.717) is 0 Å². The quantitative estimate of drug-likeness (QED) is 0.170. The van der Waals surface area contributed by atoms with Crippen LogP contribution in [0.1, 0.15) is 0 Å². The van der Waals surface area contributed by atoms with Crippen molar-refractivity contribution in [2.45, 2.75) is 0 Å². The monoisotopic (exact) mass is 719 g/mol. The highest BCUT2D eigenvalue weighted by atomic mass is 32.1. The van der Waals surface area contributed by atoms with Crippen LogP contribution in [0.3, 0.4) is 0 Å². The molecule has 0 N–H and O–H groups in total. The summed E-state index contributed by atoms with van der Waals surface area (Å²) in [6, 6.07) is 72.4. The highest BCUT2D eigenvalue weighted by Crippen LogP contribution is 2.46. The van der Waals surface area contributed by atoms with Crippen LogP contribution in [-0.2, 0) is 0 Å². The van der Waals surface area contributed by atoms with E-state index in [0.717, 1.165) is 55.7 Å². The average molecular weight is 720 g/mol. The molecule has 0 aliphatic heterocycles. The maximum atomic E-state index is 6.34. The fraction of sp³-hybridized carbons (Fsp3) is 0. The molecule has 2 nitrogen and oxygen atoms in total. The van der Waals surface area contributed by atoms with Gasteiger partial charge in [-0.1, -0.05) is 146 Å². The second-order valence-electron chi connectivity index (χ2n) is 14.1. The molecule has 0 radical (unpaired) electrons. The van der Waals surface area contributed by atoms with Gasteiger partial charge in [-0.3, -0.25) is 0 Å². The van der Waals surface area contributed by atoms with E-state index in [1.807, 2.05) is 23.5 Å². The molecule has 0 saturated carbocycles. The lowest BCUT2D eigenvalue weighted by molar-refractivity contribution is 0.669. The Hall–Kier alpha value is -6.94. The zero-order valence-electron chi connectivity index (χ0n) is 29.8. The summed E-state index contributed by atoms with van der Waals surface area (Å²) < 4.78 is 8.90. The Morgan fingerprint density at radius 2 is 1.00 bits per heavy atom. The van der Waals surface area contributed by atoms with Gasteiger partial charge in [-0.25, -0.2) is 0 Å². The largest absolute Gasteiger partial charge is 0.456 e. The van der Waals surface area contributed by atoms with Crippen LogP contribution >= 0.6 is 11.3 Å². The first-order chi connectivity index (χ1) is 27.2. The second-order valence-corrected chi connectivity index (χ2v) is 15.2. The van der Waals surface area contributed by atoms with E-state index in [1.54, 1.807) is 0 Å². The smallest absolute Gasteiger partial charge is 0.136 e. The summed E-state index contributed by atoms with van der Waals surface area (Å²) in [4.78, 5) is 2.45. The van der Waals surface area contributed by atoms with Crippen molar-refractivity contribution in [1.29, 1.82) is 0 Å². The van der Waals surface area contributed by atoms with Crippen LogP contribution in [0.2, 0.25) is 0 Å². The maximum absolute atomic E-state index is 6.34. The number of hydrogen-bond donors (Lipinski definition) is 0. The molecule has 11 aromatic rings. The van der Waals surface area contributed by atoms with Gasteiger partial charge in [0, 0.05) is 47.9 Å². The molecule has 3 heteroatoms. The highest BCUT2D eigenvalue weighted by molar-refractivity contribution is 7.25. The number of hydrogen-bond acceptors (Lipinski definition) is 3. The number of rotatable bonds is 6. The van der Waals surface area contributed by atoms with Gasteiger partial charge in [0.15, 0.2) is 0 Å². The summed E-state index contributed by atoms with van der Waals surface area (Å²) >= 11 is 1.85. The molecule has 0 aliphatic carbocycles. The zero-order chi connectivity index (χ0) is 36.3. The summed E-state index contributed by atoms with van der Waals surface area (Å²) in [6.07, 6.45) is 0. The van der Waals surface area contributed by atoms with Crippen LogP contribution < -0.4 is 4.90 Å². The Kier molecular flexibility index (Phi) is 7.39. The third kappa shape index (κ3) is 5.40. The van der Waals surface area contributed by atoms with Crippen LogP contribution in [-0.4, -0.2) is 0 Å². The molecule has 0 spiro atoms. The molecule has 2 heterocycles. The molecule has 0 bridgehead atoms. The fourth-order valence-electron chi connectivity index (χ4n) is 8.23. The molecule has 258 valence electrons. The van der Waals surface area contributed by atoms with Gasteiger partial charge in [-0.05, 0) is 93.2 Å². The highest BCUT2D eigenvalue weighted by Gasteiger charge is 2.21. The Labute approximate surface area is 322 Å². The molecule has 9 aromatic carbocycles. The van der Waals surface area contributed by atoms with Gasteiger partial charge in [0.25, 0.3) is 0 Å². The topological polar surface area (TPSA) is 16.4 Å². The SMILES string of the molecule is c1ccc(-c2ccc(-c3cccc4ccccc34)cc2N(c2cccc(-c3ccc4c(c3)oc3ccccc34)c2)c2ccc3c(c2)sc2ccccc23)cc1. The van der Waals surface area contributed by atoms with E-state index in [2.05, 4.69) is 193 Å². The minimum atomic E-state index is 0.894. The molecular formula is C52H33NOS. The third-order valence-electron chi connectivity index (χ3n) is 10.9. The van der Waals surface area contributed by atoms with E-state index < -0.39 is 0 Å². The Morgan fingerprint density at radius 1 is 0.345 bits per heavy atom. The van der Waals surface area contributed by atoms with Crippen molar-refractivity contribution in [3.8, 4) is 33.4 Å². The molecule has 55 heavy (non-hydrogen) atoms. The van der Waals surface area contributed by atoms with Crippen molar-refractivity contribution >= 4 is 81.3 Å². The first-order valence-electron chi connectivity index (χ1n) is 18.7. The van der Waals surface area contributed by atoms with Gasteiger partial charge in [0.1, 0.15) is 11.2 Å². The Bertz CT molecular complexity index is 3220. The molecule has 0 saturated heterocycles. The first kappa shape index (κ1) is 31.6. The zero-order valence-corrected chi connectivity index (χ0v) is 30.6. The number of nitrogens with zero attached hydrogens (tertiary/aromatic N) is 1. The van der Waals surface area contributed by atoms with E-state index >= 15 is 0 Å². The number of thiophene rings is 1. The summed E-state index contributed by atoms with van der Waals surface area (Å²) in [5.41, 5.74) is 12.1. The lowest BCUT2D eigenvalue weighted by Gasteiger charge is -2.29. The summed E-state index contributed by atoms with van der Waals surface area (Å²) in [5.74, 6) is 0. The van der Waals surface area contributed by atoms with Crippen molar-refractivity contribution in [2.24, 2.45) is 0 Å². The van der Waals surface area contributed by atoms with E-state index in [9.17, 15) is 0 Å². The van der Waals surface area contributed by atoms with Crippen molar-refractivity contribution in [1.82, 2.24) is 0 Å². The molecule has 0 fully saturated rings. The lowest BCUT2D eigenvalue weighted by Crippen LogP contribution is -2.11. The van der Waals surface area contributed by atoms with Crippen LogP contribution in [0.25, 0.3) is 86.3 Å². The predicted octanol–water partition coefficient (Wildman–Crippen LogP) is 15.6. The van der Waals surface area contributed by atoms with Gasteiger partial charge in [0.05, 0.1) is 5.69 Å². The molecule has 11 rings (SSSR count). The van der Waals surface area contributed by atoms with Gasteiger partial charge in [-0.15, -0.1) is 11.3 Å². The van der Waals surface area contributed by atoms with Crippen LogP contribution in [0.15, 0.2) is 205 Å². The van der Waals surface area contributed by atoms with E-state index in [1.165, 1.54) is 47.6 Å². The van der Waals surface area contributed by atoms with Crippen LogP contribution in [0.5, 0.6) is 0 Å². The first-order valence-corrected chi connectivity index (χ1v) is 19.5. The number of fused-ring (bicyclic) bond motifs is 7. The van der Waals surface area contributed by atoms with Crippen molar-refractivity contribution in [2.75, 3.05) is 4.90 Å². The third-order valence-corrected chi connectivity index (χ3v) is 12.0. The van der Waals surface area contributed by atoms with Crippen molar-refractivity contribution in [3.05, 3.63) is 200 Å². The van der Waals surface area contributed by atoms with E-state index in [4.69, 9.17) is 4.42 Å². The summed E-state index contributed by atoms with van der Waals surface area (Å²) in [7, 11) is 0. The van der Waals surface area contributed by atoms with Crippen LogP contribution in [0, 0.1) is 0 Å². The predicted molar refractivity (Wildman–Crippen MR) is 235 cm³/mol. The Morgan fingerprint density at radius 3 is 1.93 bits per heavy atom. The van der Waals surface area contributed by atoms with Gasteiger partial charge in [-0.2, -0.15) is 0 Å². The molecule has 0 atom stereocenters. The number of benzene rings is 9. The number of anilines is 3. The molecule has 0 aliphatic rings. The van der Waals surface area contributed by atoms with Gasteiger partial charge in [0.2, 0.25) is 0 Å². The van der Waals surface area contributed by atoms with Gasteiger partial charge < -0.3 is 9.32 Å². The average Bonchev–Trinajstić information content (AvgIpc) is 3.82. The molecule has 0 amide bonds. The van der Waals surface area contributed by atoms with E-state index in [-0.39, 0.29) is 0 Å².